The van der Waals surface area contributed by atoms with Crippen molar-refractivity contribution >= 4 is 27.6 Å². The van der Waals surface area contributed by atoms with Crippen LogP contribution in [0.25, 0.3) is 32.8 Å². The maximum atomic E-state index is 14.4. The highest BCUT2D eigenvalue weighted by molar-refractivity contribution is 6.05. The van der Waals surface area contributed by atoms with Gasteiger partial charge in [0.25, 0.3) is 0 Å². The van der Waals surface area contributed by atoms with Crippen molar-refractivity contribution in [2.45, 2.75) is 72.6 Å². The molecule has 1 aliphatic rings. The molecule has 0 amide bonds. The fourth-order valence-corrected chi connectivity index (χ4v) is 7.56. The molecule has 0 spiro atoms. The molecule has 55 heavy (non-hydrogen) atoms. The number of carbonyl (C=O) groups is 1. The van der Waals surface area contributed by atoms with Crippen LogP contribution in [0.2, 0.25) is 0 Å². The van der Waals surface area contributed by atoms with Gasteiger partial charge in [0.2, 0.25) is 0 Å². The van der Waals surface area contributed by atoms with Crippen LogP contribution in [-0.4, -0.2) is 103 Å². The number of benzene rings is 3. The minimum atomic E-state index is -0.657. The van der Waals surface area contributed by atoms with Crippen molar-refractivity contribution < 1.29 is 28.5 Å². The minimum Gasteiger partial charge on any atom is -0.493 e. The van der Waals surface area contributed by atoms with Gasteiger partial charge in [0, 0.05) is 73.5 Å². The molecule has 5 aromatic rings. The number of rotatable bonds is 19. The lowest BCUT2D eigenvalue weighted by atomic mass is 9.98. The Hall–Kier alpha value is -4.26. The Labute approximate surface area is 325 Å². The smallest absolute Gasteiger partial charge is 0.355 e. The van der Waals surface area contributed by atoms with Crippen LogP contribution in [0.4, 0.5) is 0 Å². The molecular weight excluding hydrogens is 695 g/mol. The van der Waals surface area contributed by atoms with Crippen LogP contribution in [0.5, 0.6) is 5.75 Å². The molecule has 2 N–H and O–H groups in total. The van der Waals surface area contributed by atoms with Crippen molar-refractivity contribution in [1.82, 2.24) is 19.2 Å². The molecule has 2 aromatic heterocycles. The summed E-state index contributed by atoms with van der Waals surface area (Å²) in [6.45, 7) is 18.6. The molecule has 0 atom stereocenters. The summed E-state index contributed by atoms with van der Waals surface area (Å²) < 4.78 is 33.8. The van der Waals surface area contributed by atoms with Crippen LogP contribution < -0.4 is 10.5 Å². The van der Waals surface area contributed by atoms with Crippen molar-refractivity contribution in [3.8, 4) is 16.9 Å². The summed E-state index contributed by atoms with van der Waals surface area (Å²) in [6, 6.07) is 20.9. The number of esters is 1. The quantitative estimate of drug-likeness (QED) is 0.0707. The molecular formula is C44H59N5O6. The predicted molar refractivity (Wildman–Crippen MR) is 218 cm³/mol. The first-order chi connectivity index (χ1) is 26.7. The minimum absolute atomic E-state index is 0.306. The predicted octanol–water partition coefficient (Wildman–Crippen LogP) is 6.96. The normalized spacial score (nSPS) is 13.9. The summed E-state index contributed by atoms with van der Waals surface area (Å²) in [6.07, 6.45) is 2.20. The zero-order valence-electron chi connectivity index (χ0n) is 33.4. The lowest BCUT2D eigenvalue weighted by Gasteiger charge is -2.27. The Bertz CT molecular complexity index is 2020. The summed E-state index contributed by atoms with van der Waals surface area (Å²) in [5.41, 5.74) is 11.7. The third kappa shape index (κ3) is 10.1. The number of ether oxygens (including phenoxy) is 5. The van der Waals surface area contributed by atoms with E-state index in [0.717, 1.165) is 94.5 Å². The number of carbonyl (C=O) groups excluding carboxylic acids is 1. The first kappa shape index (κ1) is 40.4. The SMILES string of the molecule is Cc1nn(CCCOCCOCCN)c(C)c1-c1cccc2c(CCCOc3cccc4ccccc34)c(C(=O)OC(C)(C)C)n(CCN3CCOCC3)c12. The van der Waals surface area contributed by atoms with Crippen molar-refractivity contribution in [2.75, 3.05) is 72.4 Å². The summed E-state index contributed by atoms with van der Waals surface area (Å²) in [5.74, 6) is 0.561. The van der Waals surface area contributed by atoms with E-state index in [0.29, 0.717) is 71.5 Å². The molecule has 3 aromatic carbocycles. The number of nitrogens with zero attached hydrogens (tertiary/aromatic N) is 4. The average Bonchev–Trinajstić information content (AvgIpc) is 3.65. The highest BCUT2D eigenvalue weighted by atomic mass is 16.6. The number of hydrogen-bond acceptors (Lipinski definition) is 9. The van der Waals surface area contributed by atoms with Gasteiger partial charge in [-0.05, 0) is 70.9 Å². The number of hydrogen-bond donors (Lipinski definition) is 1. The summed E-state index contributed by atoms with van der Waals surface area (Å²) in [4.78, 5) is 16.8. The second-order valence-corrected chi connectivity index (χ2v) is 15.2. The average molecular weight is 754 g/mol. The lowest BCUT2D eigenvalue weighted by Crippen LogP contribution is -2.38. The summed E-state index contributed by atoms with van der Waals surface area (Å²) in [7, 11) is 0. The molecule has 11 heteroatoms. The van der Waals surface area contributed by atoms with E-state index in [1.807, 2.05) is 45.0 Å². The standard InChI is InChI=1S/C44H59N5O6/c1-32-40(33(2)49(46-32)20-11-25-51-30-31-52-27-19-45)38-16-9-15-36-37(17-10-26-54-39-18-8-13-34-12-6-7-14-35(34)39)42(43(50)55-44(3,4)5)48(41(36)38)22-21-47-23-28-53-29-24-47/h6-9,12-16,18H,10-11,17,19-31,45H2,1-5H3. The Morgan fingerprint density at radius 3 is 2.35 bits per heavy atom. The maximum Gasteiger partial charge on any atom is 0.355 e. The second kappa shape index (κ2) is 19.1. The molecule has 0 bridgehead atoms. The Morgan fingerprint density at radius 1 is 0.836 bits per heavy atom. The third-order valence-electron chi connectivity index (χ3n) is 10.0. The Morgan fingerprint density at radius 2 is 1.56 bits per heavy atom. The van der Waals surface area contributed by atoms with Crippen LogP contribution in [-0.2, 0) is 38.5 Å². The van der Waals surface area contributed by atoms with Crippen molar-refractivity contribution in [1.29, 1.82) is 0 Å². The fourth-order valence-electron chi connectivity index (χ4n) is 7.56. The van der Waals surface area contributed by atoms with Crippen LogP contribution in [0.1, 0.15) is 61.1 Å². The molecule has 1 fully saturated rings. The molecule has 1 aliphatic heterocycles. The summed E-state index contributed by atoms with van der Waals surface area (Å²) in [5, 5.41) is 8.31. The van der Waals surface area contributed by atoms with Gasteiger partial charge in [-0.15, -0.1) is 0 Å². The first-order valence-electron chi connectivity index (χ1n) is 19.8. The largest absolute Gasteiger partial charge is 0.493 e. The monoisotopic (exact) mass is 753 g/mol. The van der Waals surface area contributed by atoms with Crippen molar-refractivity contribution in [2.24, 2.45) is 5.73 Å². The zero-order chi connectivity index (χ0) is 38.8. The van der Waals surface area contributed by atoms with E-state index >= 15 is 0 Å². The first-order valence-corrected chi connectivity index (χ1v) is 19.8. The van der Waals surface area contributed by atoms with E-state index < -0.39 is 5.60 Å². The molecule has 3 heterocycles. The van der Waals surface area contributed by atoms with E-state index in [2.05, 4.69) is 64.4 Å². The van der Waals surface area contributed by atoms with Gasteiger partial charge in [-0.2, -0.15) is 5.10 Å². The van der Waals surface area contributed by atoms with Crippen LogP contribution in [0, 0.1) is 13.8 Å². The van der Waals surface area contributed by atoms with Crippen LogP contribution >= 0.6 is 0 Å². The van der Waals surface area contributed by atoms with Crippen LogP contribution in [0.3, 0.4) is 0 Å². The molecule has 0 saturated carbocycles. The number of fused-ring (bicyclic) bond motifs is 2. The lowest BCUT2D eigenvalue weighted by molar-refractivity contribution is 0.00538. The molecule has 6 rings (SSSR count). The van der Waals surface area contributed by atoms with Gasteiger partial charge in [0.15, 0.2) is 0 Å². The Balaban J connectivity index is 1.34. The van der Waals surface area contributed by atoms with Crippen molar-refractivity contribution in [3.05, 3.63) is 83.3 Å². The van der Waals surface area contributed by atoms with Gasteiger partial charge < -0.3 is 34.0 Å². The number of nitrogens with two attached hydrogens (primary N) is 1. The van der Waals surface area contributed by atoms with Gasteiger partial charge >= 0.3 is 5.97 Å². The summed E-state index contributed by atoms with van der Waals surface area (Å²) >= 11 is 0. The van der Waals surface area contributed by atoms with Crippen LogP contribution in [0.15, 0.2) is 60.7 Å². The maximum absolute atomic E-state index is 14.4. The number of aryl methyl sites for hydroxylation is 3. The third-order valence-corrected chi connectivity index (χ3v) is 10.0. The zero-order valence-corrected chi connectivity index (χ0v) is 33.4. The molecule has 0 unspecified atom stereocenters. The van der Waals surface area contributed by atoms with Gasteiger partial charge in [0.05, 0.1) is 50.9 Å². The van der Waals surface area contributed by atoms with E-state index in [4.69, 9.17) is 34.5 Å². The molecule has 1 saturated heterocycles. The van der Waals surface area contributed by atoms with Gasteiger partial charge in [-0.25, -0.2) is 4.79 Å². The molecule has 296 valence electrons. The second-order valence-electron chi connectivity index (χ2n) is 15.2. The Kier molecular flexibility index (Phi) is 14.0. The van der Waals surface area contributed by atoms with Crippen molar-refractivity contribution in [3.63, 3.8) is 0 Å². The van der Waals surface area contributed by atoms with Gasteiger partial charge in [-0.1, -0.05) is 54.6 Å². The molecule has 0 radical (unpaired) electrons. The van der Waals surface area contributed by atoms with E-state index in [1.54, 1.807) is 0 Å². The fraction of sp³-hybridized carbons (Fsp3) is 0.500. The van der Waals surface area contributed by atoms with Gasteiger partial charge in [0.1, 0.15) is 17.0 Å². The highest BCUT2D eigenvalue weighted by Gasteiger charge is 2.30. The van der Waals surface area contributed by atoms with E-state index in [-0.39, 0.29) is 5.97 Å². The van der Waals surface area contributed by atoms with E-state index in [9.17, 15) is 4.79 Å². The highest BCUT2D eigenvalue weighted by Crippen LogP contribution is 2.39. The number of morpholine rings is 1. The number of aromatic nitrogens is 3. The molecule has 0 aliphatic carbocycles. The molecule has 11 nitrogen and oxygen atoms in total. The number of para-hydroxylation sites is 1. The topological polar surface area (TPSA) is 115 Å². The van der Waals surface area contributed by atoms with E-state index in [1.165, 1.54) is 0 Å². The van der Waals surface area contributed by atoms with Gasteiger partial charge in [-0.3, -0.25) is 9.58 Å².